The van der Waals surface area contributed by atoms with Gasteiger partial charge in [-0.1, -0.05) is 0 Å². The van der Waals surface area contributed by atoms with E-state index in [0.29, 0.717) is 13.1 Å². The van der Waals surface area contributed by atoms with E-state index in [9.17, 15) is 14.0 Å². The fourth-order valence-corrected chi connectivity index (χ4v) is 1.20. The van der Waals surface area contributed by atoms with Crippen molar-refractivity contribution in [1.29, 1.82) is 0 Å². The van der Waals surface area contributed by atoms with E-state index < -0.39 is 5.82 Å². The Morgan fingerprint density at radius 3 is 2.53 bits per heavy atom. The predicted molar refractivity (Wildman–Crippen MR) is 61.8 cm³/mol. The Hall–Kier alpha value is -2.11. The topological polar surface area (TPSA) is 84.2 Å². The Kier molecular flexibility index (Phi) is 4.45. The number of hydrogen-bond acceptors (Lipinski definition) is 3. The van der Waals surface area contributed by atoms with E-state index >= 15 is 0 Å². The summed E-state index contributed by atoms with van der Waals surface area (Å²) in [6, 6.07) is 3.75. The summed E-state index contributed by atoms with van der Waals surface area (Å²) in [7, 11) is 0. The molecule has 6 heteroatoms. The molecule has 0 fully saturated rings. The molecule has 2 amide bonds. The number of benzene rings is 1. The van der Waals surface area contributed by atoms with Crippen molar-refractivity contribution >= 4 is 17.5 Å². The van der Waals surface area contributed by atoms with E-state index in [2.05, 4.69) is 10.6 Å². The minimum atomic E-state index is -0.556. The maximum absolute atomic E-state index is 12.9. The van der Waals surface area contributed by atoms with Crippen molar-refractivity contribution in [2.45, 2.75) is 6.92 Å². The number of nitrogens with two attached hydrogens (primary N) is 1. The first-order valence-electron chi connectivity index (χ1n) is 5.08. The first-order valence-corrected chi connectivity index (χ1v) is 5.08. The van der Waals surface area contributed by atoms with E-state index in [1.165, 1.54) is 19.1 Å². The number of hydrogen-bond donors (Lipinski definition) is 3. The highest BCUT2D eigenvalue weighted by Gasteiger charge is 2.07. The molecular weight excluding hydrogens is 225 g/mol. The molecule has 0 aromatic heterocycles. The molecule has 17 heavy (non-hydrogen) atoms. The molecule has 0 saturated carbocycles. The van der Waals surface area contributed by atoms with Crippen LogP contribution in [0.2, 0.25) is 0 Å². The molecule has 0 bridgehead atoms. The van der Waals surface area contributed by atoms with Gasteiger partial charge in [-0.25, -0.2) is 4.39 Å². The summed E-state index contributed by atoms with van der Waals surface area (Å²) in [4.78, 5) is 22.1. The molecule has 4 N–H and O–H groups in total. The fraction of sp³-hybridized carbons (Fsp3) is 0.273. The summed E-state index contributed by atoms with van der Waals surface area (Å²) in [6.45, 7) is 2.04. The van der Waals surface area contributed by atoms with Gasteiger partial charge in [-0.05, 0) is 18.2 Å². The average molecular weight is 239 g/mol. The number of halogens is 1. The third kappa shape index (κ3) is 4.10. The Morgan fingerprint density at radius 2 is 1.94 bits per heavy atom. The zero-order valence-electron chi connectivity index (χ0n) is 9.42. The van der Waals surface area contributed by atoms with Gasteiger partial charge in [-0.2, -0.15) is 0 Å². The quantitative estimate of drug-likeness (QED) is 0.521. The van der Waals surface area contributed by atoms with Crippen LogP contribution in [-0.2, 0) is 4.79 Å². The van der Waals surface area contributed by atoms with Crippen LogP contribution in [-0.4, -0.2) is 24.9 Å². The summed E-state index contributed by atoms with van der Waals surface area (Å²) in [5, 5.41) is 5.10. The Morgan fingerprint density at radius 1 is 1.29 bits per heavy atom. The van der Waals surface area contributed by atoms with E-state index in [-0.39, 0.29) is 23.1 Å². The van der Waals surface area contributed by atoms with Gasteiger partial charge >= 0.3 is 0 Å². The summed E-state index contributed by atoms with van der Waals surface area (Å²) < 4.78 is 12.9. The van der Waals surface area contributed by atoms with Crippen molar-refractivity contribution < 1.29 is 14.0 Å². The molecular formula is C11H14FN3O2. The lowest BCUT2D eigenvalue weighted by Crippen LogP contribution is -2.33. The summed E-state index contributed by atoms with van der Waals surface area (Å²) >= 11 is 0. The Bertz CT molecular complexity index is 435. The van der Waals surface area contributed by atoms with Crippen molar-refractivity contribution in [2.75, 3.05) is 18.8 Å². The normalized spacial score (nSPS) is 9.76. The first kappa shape index (κ1) is 13.0. The lowest BCUT2D eigenvalue weighted by atomic mass is 10.2. The fourth-order valence-electron chi connectivity index (χ4n) is 1.20. The third-order valence-electron chi connectivity index (χ3n) is 2.04. The summed E-state index contributed by atoms with van der Waals surface area (Å²) in [6.07, 6.45) is 0. The molecule has 0 heterocycles. The molecule has 0 aliphatic heterocycles. The van der Waals surface area contributed by atoms with Crippen LogP contribution in [0.3, 0.4) is 0 Å². The van der Waals surface area contributed by atoms with Crippen LogP contribution >= 0.6 is 0 Å². The van der Waals surface area contributed by atoms with Crippen molar-refractivity contribution in [1.82, 2.24) is 10.6 Å². The van der Waals surface area contributed by atoms with Crippen LogP contribution in [0.5, 0.6) is 0 Å². The van der Waals surface area contributed by atoms with Crippen LogP contribution in [0.25, 0.3) is 0 Å². The number of nitrogens with one attached hydrogen (secondary N) is 2. The van der Waals surface area contributed by atoms with Gasteiger partial charge in [0, 0.05) is 25.6 Å². The van der Waals surface area contributed by atoms with Gasteiger partial charge in [-0.15, -0.1) is 0 Å². The molecule has 0 saturated heterocycles. The number of anilines is 1. The van der Waals surface area contributed by atoms with Crippen LogP contribution in [0.1, 0.15) is 17.3 Å². The second-order valence-electron chi connectivity index (χ2n) is 3.48. The molecule has 1 aromatic carbocycles. The van der Waals surface area contributed by atoms with Gasteiger partial charge in [0.05, 0.1) is 5.69 Å². The lowest BCUT2D eigenvalue weighted by molar-refractivity contribution is -0.118. The molecule has 0 unspecified atom stereocenters. The van der Waals surface area contributed by atoms with E-state index in [1.54, 1.807) is 0 Å². The number of amides is 2. The van der Waals surface area contributed by atoms with E-state index in [0.717, 1.165) is 6.07 Å². The van der Waals surface area contributed by atoms with Crippen molar-refractivity contribution in [3.8, 4) is 0 Å². The van der Waals surface area contributed by atoms with Crippen LogP contribution in [0.15, 0.2) is 18.2 Å². The molecule has 1 aromatic rings. The highest BCUT2D eigenvalue weighted by molar-refractivity contribution is 5.95. The highest BCUT2D eigenvalue weighted by atomic mass is 19.1. The molecule has 92 valence electrons. The predicted octanol–water partition coefficient (Wildman–Crippen LogP) is 0.274. The Balaban J connectivity index is 2.47. The smallest absolute Gasteiger partial charge is 0.251 e. The third-order valence-corrected chi connectivity index (χ3v) is 2.04. The zero-order valence-corrected chi connectivity index (χ0v) is 9.42. The molecule has 0 aliphatic rings. The first-order chi connectivity index (χ1) is 8.00. The van der Waals surface area contributed by atoms with Gasteiger partial charge < -0.3 is 16.4 Å². The van der Waals surface area contributed by atoms with Crippen LogP contribution < -0.4 is 16.4 Å². The second kappa shape index (κ2) is 5.83. The number of carbonyl (C=O) groups is 2. The summed E-state index contributed by atoms with van der Waals surface area (Å²) in [5.74, 6) is -1.08. The zero-order chi connectivity index (χ0) is 12.8. The maximum atomic E-state index is 12.9. The van der Waals surface area contributed by atoms with Gasteiger partial charge in [0.2, 0.25) is 5.91 Å². The van der Waals surface area contributed by atoms with E-state index in [4.69, 9.17) is 5.73 Å². The number of carbonyl (C=O) groups excluding carboxylic acids is 2. The van der Waals surface area contributed by atoms with Gasteiger partial charge in [0.25, 0.3) is 5.91 Å². The van der Waals surface area contributed by atoms with Crippen LogP contribution in [0.4, 0.5) is 10.1 Å². The molecule has 0 atom stereocenters. The minimum Gasteiger partial charge on any atom is -0.396 e. The molecule has 0 spiro atoms. The maximum Gasteiger partial charge on any atom is 0.251 e. The molecule has 1 rings (SSSR count). The number of nitrogen functional groups attached to an aromatic ring is 1. The molecule has 0 radical (unpaired) electrons. The standard InChI is InChI=1S/C11H14FN3O2/c1-7(16)14-4-5-15-11(17)8-2-3-9(12)10(13)6-8/h2-3,6H,4-5,13H2,1H3,(H,14,16)(H,15,17). The van der Waals surface area contributed by atoms with Crippen molar-refractivity contribution in [3.63, 3.8) is 0 Å². The molecule has 5 nitrogen and oxygen atoms in total. The lowest BCUT2D eigenvalue weighted by Gasteiger charge is -2.06. The van der Waals surface area contributed by atoms with Gasteiger partial charge in [-0.3, -0.25) is 9.59 Å². The van der Waals surface area contributed by atoms with Crippen LogP contribution in [0, 0.1) is 5.82 Å². The van der Waals surface area contributed by atoms with Gasteiger partial charge in [0.1, 0.15) is 5.82 Å². The Labute approximate surface area is 98.2 Å². The van der Waals surface area contributed by atoms with Crippen molar-refractivity contribution in [3.05, 3.63) is 29.6 Å². The average Bonchev–Trinajstić information content (AvgIpc) is 2.27. The highest BCUT2D eigenvalue weighted by Crippen LogP contribution is 2.11. The van der Waals surface area contributed by atoms with Crippen molar-refractivity contribution in [2.24, 2.45) is 0 Å². The number of rotatable bonds is 4. The SMILES string of the molecule is CC(=O)NCCNC(=O)c1ccc(F)c(N)c1. The summed E-state index contributed by atoms with van der Waals surface area (Å²) in [5.41, 5.74) is 5.56. The second-order valence-corrected chi connectivity index (χ2v) is 3.48. The largest absolute Gasteiger partial charge is 0.396 e. The minimum absolute atomic E-state index is 0.0699. The molecule has 0 aliphatic carbocycles. The van der Waals surface area contributed by atoms with Gasteiger partial charge in [0.15, 0.2) is 0 Å². The van der Waals surface area contributed by atoms with E-state index in [1.807, 2.05) is 0 Å². The monoisotopic (exact) mass is 239 g/mol.